The van der Waals surface area contributed by atoms with Crippen LogP contribution in [0.4, 0.5) is 0 Å². The van der Waals surface area contributed by atoms with E-state index >= 15 is 0 Å². The molecule has 0 aliphatic rings. The molecule has 6 nitrogen and oxygen atoms in total. The second-order valence-corrected chi connectivity index (χ2v) is 19.5. The molecule has 1 atom stereocenters. The van der Waals surface area contributed by atoms with Crippen molar-refractivity contribution in [2.75, 3.05) is 13.2 Å². The molecule has 6 heteroatoms. The molecule has 0 radical (unpaired) electrons. The molecule has 0 spiro atoms. The summed E-state index contributed by atoms with van der Waals surface area (Å²) in [5.74, 6) is -0.884. The number of hydrogen-bond donors (Lipinski definition) is 0. The molecule has 0 saturated heterocycles. The van der Waals surface area contributed by atoms with Crippen molar-refractivity contribution in [1.29, 1.82) is 0 Å². The third-order valence-corrected chi connectivity index (χ3v) is 12.8. The van der Waals surface area contributed by atoms with E-state index in [4.69, 9.17) is 14.2 Å². The first-order valence-corrected chi connectivity index (χ1v) is 29.1. The van der Waals surface area contributed by atoms with Gasteiger partial charge in [0.05, 0.1) is 0 Å². The third kappa shape index (κ3) is 54.2. The van der Waals surface area contributed by atoms with E-state index in [1.807, 2.05) is 0 Å². The fraction of sp³-hybridized carbons (Fsp3) is 0.820. The quantitative estimate of drug-likeness (QED) is 0.0262. The molecule has 0 aromatic heterocycles. The highest BCUT2D eigenvalue weighted by Crippen LogP contribution is 2.16. The van der Waals surface area contributed by atoms with Crippen molar-refractivity contribution in [2.24, 2.45) is 0 Å². The molecule has 0 unspecified atom stereocenters. The highest BCUT2D eigenvalue weighted by Gasteiger charge is 2.19. The lowest BCUT2D eigenvalue weighted by Gasteiger charge is -2.18. The van der Waals surface area contributed by atoms with Crippen molar-refractivity contribution in [3.05, 3.63) is 48.6 Å². The zero-order valence-electron chi connectivity index (χ0n) is 44.7. The van der Waals surface area contributed by atoms with Crippen LogP contribution in [0, 0.1) is 0 Å². The largest absolute Gasteiger partial charge is 0.462 e. The number of rotatable bonds is 53. The summed E-state index contributed by atoms with van der Waals surface area (Å²) in [6.07, 6.45) is 68.1. The van der Waals surface area contributed by atoms with Crippen LogP contribution in [-0.4, -0.2) is 37.2 Å². The second kappa shape index (κ2) is 56.0. The maximum Gasteiger partial charge on any atom is 0.306 e. The summed E-state index contributed by atoms with van der Waals surface area (Å²) in [6.45, 7) is 6.55. The minimum atomic E-state index is -0.782. The van der Waals surface area contributed by atoms with Gasteiger partial charge in [0.1, 0.15) is 13.2 Å². The molecule has 0 aromatic rings. The van der Waals surface area contributed by atoms with Gasteiger partial charge in [-0.15, -0.1) is 0 Å². The summed E-state index contributed by atoms with van der Waals surface area (Å²) in [6, 6.07) is 0. The standard InChI is InChI=1S/C61H110O6/c1-4-7-10-13-16-19-22-25-28-30-33-35-38-41-44-47-50-53-59(62)65-56-58(67-61(64)55-52-49-46-43-40-37-32-27-24-21-18-15-12-9-6-3)57-66-60(63)54-51-48-45-42-39-36-34-31-29-26-23-20-17-14-11-8-5-2/h9,12,18,21,25,27-28,32,58H,4-8,10-11,13-17,19-20,22-24,26,29-31,33-57H2,1-3H3/b12-9-,21-18-,28-25-,32-27-/t58-/m1/s1. The Balaban J connectivity index is 4.36. The van der Waals surface area contributed by atoms with Crippen molar-refractivity contribution in [3.63, 3.8) is 0 Å². The molecule has 0 aliphatic carbocycles. The summed E-state index contributed by atoms with van der Waals surface area (Å²) in [4.78, 5) is 38.2. The summed E-state index contributed by atoms with van der Waals surface area (Å²) in [5.41, 5.74) is 0. The molecule has 0 amide bonds. The third-order valence-electron chi connectivity index (χ3n) is 12.8. The van der Waals surface area contributed by atoms with Crippen LogP contribution in [0.3, 0.4) is 0 Å². The van der Waals surface area contributed by atoms with Crippen LogP contribution in [0.25, 0.3) is 0 Å². The molecule has 0 heterocycles. The zero-order valence-corrected chi connectivity index (χ0v) is 44.7. The van der Waals surface area contributed by atoms with E-state index in [9.17, 15) is 14.4 Å². The van der Waals surface area contributed by atoms with Gasteiger partial charge in [0, 0.05) is 19.3 Å². The van der Waals surface area contributed by atoms with E-state index in [1.54, 1.807) is 0 Å². The van der Waals surface area contributed by atoms with Crippen molar-refractivity contribution in [3.8, 4) is 0 Å². The van der Waals surface area contributed by atoms with E-state index < -0.39 is 6.10 Å². The van der Waals surface area contributed by atoms with Gasteiger partial charge in [-0.1, -0.05) is 256 Å². The van der Waals surface area contributed by atoms with Crippen molar-refractivity contribution in [1.82, 2.24) is 0 Å². The summed E-state index contributed by atoms with van der Waals surface area (Å²) < 4.78 is 16.9. The maximum atomic E-state index is 12.8. The fourth-order valence-electron chi connectivity index (χ4n) is 8.45. The number of esters is 3. The van der Waals surface area contributed by atoms with Crippen molar-refractivity contribution >= 4 is 17.9 Å². The lowest BCUT2D eigenvalue weighted by Crippen LogP contribution is -2.30. The fourth-order valence-corrected chi connectivity index (χ4v) is 8.45. The average Bonchev–Trinajstić information content (AvgIpc) is 3.33. The molecule has 0 rings (SSSR count). The molecular formula is C61H110O6. The molecule has 0 aromatic carbocycles. The van der Waals surface area contributed by atoms with Crippen molar-refractivity contribution in [2.45, 2.75) is 309 Å². The topological polar surface area (TPSA) is 78.9 Å². The summed E-state index contributed by atoms with van der Waals surface area (Å²) in [7, 11) is 0. The monoisotopic (exact) mass is 939 g/mol. The predicted octanol–water partition coefficient (Wildman–Crippen LogP) is 19.4. The Kier molecular flexibility index (Phi) is 53.8. The number of ether oxygens (including phenoxy) is 3. The van der Waals surface area contributed by atoms with Crippen LogP contribution < -0.4 is 0 Å². The number of allylic oxidation sites excluding steroid dienone is 8. The smallest absolute Gasteiger partial charge is 0.306 e. The van der Waals surface area contributed by atoms with Crippen LogP contribution in [0.15, 0.2) is 48.6 Å². The highest BCUT2D eigenvalue weighted by atomic mass is 16.6. The molecule has 0 N–H and O–H groups in total. The Bertz CT molecular complexity index is 1170. The van der Waals surface area contributed by atoms with E-state index in [1.165, 1.54) is 167 Å². The Labute approximate surface area is 416 Å². The number of carbonyl (C=O) groups excluding carboxylic acids is 3. The van der Waals surface area contributed by atoms with E-state index in [0.29, 0.717) is 19.3 Å². The van der Waals surface area contributed by atoms with Gasteiger partial charge in [0.2, 0.25) is 0 Å². The van der Waals surface area contributed by atoms with Gasteiger partial charge < -0.3 is 14.2 Å². The number of carbonyl (C=O) groups is 3. The Morgan fingerprint density at radius 1 is 0.313 bits per heavy atom. The van der Waals surface area contributed by atoms with E-state index in [2.05, 4.69) is 69.4 Å². The minimum Gasteiger partial charge on any atom is -0.462 e. The van der Waals surface area contributed by atoms with Gasteiger partial charge in [-0.3, -0.25) is 14.4 Å². The van der Waals surface area contributed by atoms with E-state index in [-0.39, 0.29) is 31.1 Å². The van der Waals surface area contributed by atoms with E-state index in [0.717, 1.165) is 96.3 Å². The molecule has 67 heavy (non-hydrogen) atoms. The van der Waals surface area contributed by atoms with Crippen LogP contribution in [-0.2, 0) is 28.6 Å². The number of hydrogen-bond acceptors (Lipinski definition) is 6. The van der Waals surface area contributed by atoms with Gasteiger partial charge in [0.15, 0.2) is 6.10 Å². The minimum absolute atomic E-state index is 0.0784. The summed E-state index contributed by atoms with van der Waals surface area (Å²) in [5, 5.41) is 0. The first-order valence-electron chi connectivity index (χ1n) is 29.1. The van der Waals surface area contributed by atoms with Crippen LogP contribution in [0.2, 0.25) is 0 Å². The molecule has 0 aliphatic heterocycles. The Morgan fingerprint density at radius 3 is 0.925 bits per heavy atom. The van der Waals surface area contributed by atoms with Crippen molar-refractivity contribution < 1.29 is 28.6 Å². The van der Waals surface area contributed by atoms with Gasteiger partial charge in [-0.25, -0.2) is 0 Å². The van der Waals surface area contributed by atoms with Gasteiger partial charge in [-0.05, 0) is 77.0 Å². The lowest BCUT2D eigenvalue weighted by atomic mass is 10.0. The molecular weight excluding hydrogens is 829 g/mol. The Hall–Kier alpha value is -2.63. The average molecular weight is 940 g/mol. The lowest BCUT2D eigenvalue weighted by molar-refractivity contribution is -0.167. The van der Waals surface area contributed by atoms with Gasteiger partial charge in [0.25, 0.3) is 0 Å². The first-order chi connectivity index (χ1) is 33.0. The van der Waals surface area contributed by atoms with Crippen LogP contribution >= 0.6 is 0 Å². The summed E-state index contributed by atoms with van der Waals surface area (Å²) >= 11 is 0. The first kappa shape index (κ1) is 64.4. The highest BCUT2D eigenvalue weighted by molar-refractivity contribution is 5.71. The second-order valence-electron chi connectivity index (χ2n) is 19.5. The SMILES string of the molecule is CC/C=C\C/C=C\C/C=C\CCCCCCCC(=O)O[C@H](COC(=O)CCCCCCCCC/C=C\CCCCCCCC)COC(=O)CCCCCCCCCCCCCCCCCCC. The van der Waals surface area contributed by atoms with Crippen LogP contribution in [0.5, 0.6) is 0 Å². The normalized spacial score (nSPS) is 12.3. The molecule has 0 saturated carbocycles. The number of unbranched alkanes of at least 4 members (excludes halogenated alkanes) is 34. The van der Waals surface area contributed by atoms with Crippen LogP contribution in [0.1, 0.15) is 303 Å². The predicted molar refractivity (Wildman–Crippen MR) is 289 cm³/mol. The van der Waals surface area contributed by atoms with Gasteiger partial charge in [-0.2, -0.15) is 0 Å². The Morgan fingerprint density at radius 2 is 0.582 bits per heavy atom. The zero-order chi connectivity index (χ0) is 48.6. The molecule has 0 bridgehead atoms. The molecule has 0 fully saturated rings. The maximum absolute atomic E-state index is 12.8. The van der Waals surface area contributed by atoms with Gasteiger partial charge >= 0.3 is 17.9 Å². The molecule has 390 valence electrons.